The summed E-state index contributed by atoms with van der Waals surface area (Å²) in [5.74, 6) is 0.326. The molecule has 1 heterocycles. The average molecular weight is 276 g/mol. The minimum absolute atomic E-state index is 0.0443. The molecular formula is C11H20N2O4S. The van der Waals surface area contributed by atoms with E-state index < -0.39 is 16.8 Å². The van der Waals surface area contributed by atoms with E-state index in [9.17, 15) is 13.8 Å². The van der Waals surface area contributed by atoms with Gasteiger partial charge in [0, 0.05) is 41.3 Å². The number of carbonyl (C=O) groups excluding carboxylic acids is 1. The van der Waals surface area contributed by atoms with E-state index in [4.69, 9.17) is 5.11 Å². The van der Waals surface area contributed by atoms with Crippen molar-refractivity contribution < 1.29 is 18.9 Å². The number of hydrogen-bond donors (Lipinski definition) is 3. The second-order valence-electron chi connectivity index (χ2n) is 4.68. The Morgan fingerprint density at radius 2 is 2.00 bits per heavy atom. The molecule has 0 radical (unpaired) electrons. The summed E-state index contributed by atoms with van der Waals surface area (Å²) < 4.78 is 11.1. The van der Waals surface area contributed by atoms with Gasteiger partial charge < -0.3 is 15.7 Å². The third-order valence-electron chi connectivity index (χ3n) is 2.86. The molecule has 3 N–H and O–H groups in total. The first-order chi connectivity index (χ1) is 8.47. The van der Waals surface area contributed by atoms with Gasteiger partial charge in [0.15, 0.2) is 0 Å². The van der Waals surface area contributed by atoms with Crippen LogP contribution in [0.15, 0.2) is 0 Å². The summed E-state index contributed by atoms with van der Waals surface area (Å²) in [6.07, 6.45) is 1.53. The highest BCUT2D eigenvalue weighted by molar-refractivity contribution is 7.85. The van der Waals surface area contributed by atoms with Crippen LogP contribution in [0.1, 0.15) is 26.2 Å². The molecule has 1 saturated heterocycles. The molecule has 1 atom stereocenters. The molecule has 7 heteroatoms. The number of amides is 2. The van der Waals surface area contributed by atoms with E-state index in [0.29, 0.717) is 18.1 Å². The number of rotatable bonds is 5. The Kier molecular flexibility index (Phi) is 6.11. The fraction of sp³-hybridized carbons (Fsp3) is 0.818. The molecule has 104 valence electrons. The normalized spacial score (nSPS) is 25.2. The van der Waals surface area contributed by atoms with Crippen LogP contribution in [0.25, 0.3) is 0 Å². The zero-order valence-electron chi connectivity index (χ0n) is 10.5. The van der Waals surface area contributed by atoms with Crippen molar-refractivity contribution in [1.82, 2.24) is 10.6 Å². The van der Waals surface area contributed by atoms with Crippen LogP contribution in [0.5, 0.6) is 0 Å². The van der Waals surface area contributed by atoms with Gasteiger partial charge in [-0.15, -0.1) is 0 Å². The zero-order valence-corrected chi connectivity index (χ0v) is 11.3. The lowest BCUT2D eigenvalue weighted by atomic mass is 10.1. The smallest absolute Gasteiger partial charge is 0.315 e. The van der Waals surface area contributed by atoms with Gasteiger partial charge in [0.25, 0.3) is 0 Å². The molecule has 1 aliphatic heterocycles. The van der Waals surface area contributed by atoms with Crippen molar-refractivity contribution in [1.29, 1.82) is 0 Å². The Hall–Kier alpha value is -1.11. The fourth-order valence-corrected chi connectivity index (χ4v) is 3.11. The third-order valence-corrected chi connectivity index (χ3v) is 4.24. The molecule has 1 rings (SSSR count). The summed E-state index contributed by atoms with van der Waals surface area (Å²) in [5, 5.41) is 14.1. The van der Waals surface area contributed by atoms with Gasteiger partial charge in [-0.3, -0.25) is 9.00 Å². The molecule has 18 heavy (non-hydrogen) atoms. The van der Waals surface area contributed by atoms with E-state index in [0.717, 1.165) is 12.8 Å². The van der Waals surface area contributed by atoms with Gasteiger partial charge in [-0.1, -0.05) is 6.92 Å². The number of carbonyl (C=O) groups is 2. The molecule has 6 nitrogen and oxygen atoms in total. The minimum Gasteiger partial charge on any atom is -0.481 e. The standard InChI is InChI=1S/C11H20N2O4S/c1-8(6-10(14)15)7-12-11(16)13-9-2-4-18(17)5-3-9/h8-9H,2-7H2,1H3,(H,14,15)(H2,12,13,16). The predicted molar refractivity (Wildman–Crippen MR) is 68.8 cm³/mol. The highest BCUT2D eigenvalue weighted by atomic mass is 32.2. The largest absolute Gasteiger partial charge is 0.481 e. The SMILES string of the molecule is CC(CNC(=O)NC1CCS(=O)CC1)CC(=O)O. The maximum Gasteiger partial charge on any atom is 0.315 e. The Bertz CT molecular complexity index is 325. The first-order valence-electron chi connectivity index (χ1n) is 6.08. The summed E-state index contributed by atoms with van der Waals surface area (Å²) in [6, 6.07) is -0.192. The van der Waals surface area contributed by atoms with Crippen molar-refractivity contribution >= 4 is 22.8 Å². The molecule has 0 aromatic rings. The molecule has 1 fully saturated rings. The van der Waals surface area contributed by atoms with Crippen molar-refractivity contribution in [3.05, 3.63) is 0 Å². The molecule has 0 saturated carbocycles. The van der Waals surface area contributed by atoms with E-state index in [-0.39, 0.29) is 24.4 Å². The lowest BCUT2D eigenvalue weighted by molar-refractivity contribution is -0.137. The number of carboxylic acid groups (broad SMARTS) is 1. The first-order valence-corrected chi connectivity index (χ1v) is 7.57. The van der Waals surface area contributed by atoms with Crippen LogP contribution >= 0.6 is 0 Å². The molecule has 0 aromatic heterocycles. The maximum absolute atomic E-state index is 11.5. The molecule has 0 aromatic carbocycles. The van der Waals surface area contributed by atoms with E-state index in [1.54, 1.807) is 6.92 Å². The molecule has 1 unspecified atom stereocenters. The maximum atomic E-state index is 11.5. The van der Waals surface area contributed by atoms with E-state index in [2.05, 4.69) is 10.6 Å². The quantitative estimate of drug-likeness (QED) is 0.673. The molecule has 0 bridgehead atoms. The van der Waals surface area contributed by atoms with Crippen LogP contribution in [0.2, 0.25) is 0 Å². The molecule has 2 amide bonds. The summed E-state index contributed by atoms with van der Waals surface area (Å²) in [4.78, 5) is 22.0. The van der Waals surface area contributed by atoms with Crippen LogP contribution in [0.3, 0.4) is 0 Å². The van der Waals surface area contributed by atoms with Crippen LogP contribution in [-0.2, 0) is 15.6 Å². The number of nitrogens with one attached hydrogen (secondary N) is 2. The van der Waals surface area contributed by atoms with Crippen molar-refractivity contribution in [2.75, 3.05) is 18.1 Å². The predicted octanol–water partition coefficient (Wildman–Crippen LogP) is 0.307. The number of carboxylic acids is 1. The highest BCUT2D eigenvalue weighted by Crippen LogP contribution is 2.08. The van der Waals surface area contributed by atoms with Crippen LogP contribution in [0, 0.1) is 5.92 Å². The lowest BCUT2D eigenvalue weighted by Gasteiger charge is -2.23. The second-order valence-corrected chi connectivity index (χ2v) is 6.38. The van der Waals surface area contributed by atoms with Gasteiger partial charge in [-0.25, -0.2) is 4.79 Å². The number of urea groups is 1. The zero-order chi connectivity index (χ0) is 13.5. The molecule has 0 aliphatic carbocycles. The van der Waals surface area contributed by atoms with Gasteiger partial charge in [-0.05, 0) is 18.8 Å². The van der Waals surface area contributed by atoms with Gasteiger partial charge in [0.2, 0.25) is 0 Å². The summed E-state index contributed by atoms with van der Waals surface area (Å²) in [6.45, 7) is 2.12. The number of hydrogen-bond acceptors (Lipinski definition) is 3. The van der Waals surface area contributed by atoms with E-state index in [1.807, 2.05) is 0 Å². The number of aliphatic carboxylic acids is 1. The van der Waals surface area contributed by atoms with Crippen molar-refractivity contribution in [2.45, 2.75) is 32.2 Å². The first kappa shape index (κ1) is 14.9. The summed E-state index contributed by atoms with van der Waals surface area (Å²) in [5.41, 5.74) is 0. The summed E-state index contributed by atoms with van der Waals surface area (Å²) in [7, 11) is -0.730. The lowest BCUT2D eigenvalue weighted by Crippen LogP contribution is -2.45. The molecule has 1 aliphatic rings. The molecule has 0 spiro atoms. The minimum atomic E-state index is -0.862. The van der Waals surface area contributed by atoms with Gasteiger partial charge in [0.05, 0.1) is 0 Å². The summed E-state index contributed by atoms with van der Waals surface area (Å²) >= 11 is 0. The van der Waals surface area contributed by atoms with E-state index in [1.165, 1.54) is 0 Å². The third kappa shape index (κ3) is 6.00. The van der Waals surface area contributed by atoms with Gasteiger partial charge in [0.1, 0.15) is 0 Å². The Labute approximate surface area is 109 Å². The topological polar surface area (TPSA) is 95.5 Å². The van der Waals surface area contributed by atoms with Crippen LogP contribution < -0.4 is 10.6 Å². The monoisotopic (exact) mass is 276 g/mol. The van der Waals surface area contributed by atoms with E-state index >= 15 is 0 Å². The van der Waals surface area contributed by atoms with Crippen molar-refractivity contribution in [3.8, 4) is 0 Å². The Balaban J connectivity index is 2.17. The molecular weight excluding hydrogens is 256 g/mol. The fourth-order valence-electron chi connectivity index (χ4n) is 1.81. The van der Waals surface area contributed by atoms with Gasteiger partial charge >= 0.3 is 12.0 Å². The van der Waals surface area contributed by atoms with Crippen molar-refractivity contribution in [3.63, 3.8) is 0 Å². The van der Waals surface area contributed by atoms with Crippen LogP contribution in [-0.4, -0.2) is 45.4 Å². The second kappa shape index (κ2) is 7.35. The van der Waals surface area contributed by atoms with Crippen molar-refractivity contribution in [2.24, 2.45) is 5.92 Å². The van der Waals surface area contributed by atoms with Crippen LogP contribution in [0.4, 0.5) is 4.79 Å². The Morgan fingerprint density at radius 3 is 2.56 bits per heavy atom. The van der Waals surface area contributed by atoms with Gasteiger partial charge in [-0.2, -0.15) is 0 Å². The average Bonchev–Trinajstić information content (AvgIpc) is 2.29. The Morgan fingerprint density at radius 1 is 1.39 bits per heavy atom. The highest BCUT2D eigenvalue weighted by Gasteiger charge is 2.19.